The van der Waals surface area contributed by atoms with Crippen LogP contribution in [0.5, 0.6) is 0 Å². The molecule has 1 saturated heterocycles. The molecule has 0 unspecified atom stereocenters. The normalized spacial score (nSPS) is 15.7. The van der Waals surface area contributed by atoms with Gasteiger partial charge in [-0.05, 0) is 40.2 Å². The van der Waals surface area contributed by atoms with Crippen molar-refractivity contribution in [2.75, 3.05) is 31.1 Å². The molecule has 29 heavy (non-hydrogen) atoms. The van der Waals surface area contributed by atoms with E-state index in [1.807, 2.05) is 6.07 Å². The lowest BCUT2D eigenvalue weighted by molar-refractivity contribution is 0.0665. The molecule has 2 heterocycles. The lowest BCUT2D eigenvalue weighted by Gasteiger charge is -2.36. The van der Waals surface area contributed by atoms with E-state index < -0.39 is 16.0 Å². The number of fused-ring (bicyclic) bond motifs is 1. The van der Waals surface area contributed by atoms with Gasteiger partial charge in [0.2, 0.25) is 15.8 Å². The predicted octanol–water partition coefficient (Wildman–Crippen LogP) is 4.06. The molecule has 0 saturated carbocycles. The third kappa shape index (κ3) is 3.63. The Kier molecular flexibility index (Phi) is 5.32. The maximum absolute atomic E-state index is 12.9. The van der Waals surface area contributed by atoms with E-state index in [1.165, 1.54) is 16.4 Å². The second kappa shape index (κ2) is 7.64. The van der Waals surface area contributed by atoms with E-state index in [0.29, 0.717) is 41.6 Å². The van der Waals surface area contributed by atoms with Crippen molar-refractivity contribution in [1.29, 1.82) is 0 Å². The van der Waals surface area contributed by atoms with Gasteiger partial charge in [0.05, 0.1) is 15.2 Å². The molecule has 3 aromatic rings. The van der Waals surface area contributed by atoms with Crippen LogP contribution >= 0.6 is 27.5 Å². The first kappa shape index (κ1) is 20.2. The summed E-state index contributed by atoms with van der Waals surface area (Å²) in [5.74, 6) is -1.26. The quantitative estimate of drug-likeness (QED) is 0.582. The Morgan fingerprint density at radius 1 is 1.10 bits per heavy atom. The van der Waals surface area contributed by atoms with Crippen molar-refractivity contribution in [1.82, 2.24) is 4.31 Å². The van der Waals surface area contributed by atoms with Gasteiger partial charge in [-0.15, -0.1) is 0 Å². The fraction of sp³-hybridized carbons (Fsp3) is 0.211. The lowest BCUT2D eigenvalue weighted by Crippen LogP contribution is -2.48. The number of aromatic carboxylic acids is 1. The Bertz CT molecular complexity index is 1200. The molecule has 0 radical (unpaired) electrons. The highest BCUT2D eigenvalue weighted by molar-refractivity contribution is 9.10. The van der Waals surface area contributed by atoms with Gasteiger partial charge in [0.1, 0.15) is 10.5 Å². The van der Waals surface area contributed by atoms with Gasteiger partial charge >= 0.3 is 5.97 Å². The third-order valence-corrected chi connectivity index (χ3v) is 8.09. The molecular weight excluding hydrogens is 484 g/mol. The Labute approximate surface area is 180 Å². The van der Waals surface area contributed by atoms with Crippen LogP contribution in [0.3, 0.4) is 0 Å². The summed E-state index contributed by atoms with van der Waals surface area (Å²) in [7, 11) is -3.67. The van der Waals surface area contributed by atoms with Gasteiger partial charge in [0.25, 0.3) is 0 Å². The topological polar surface area (TPSA) is 91.1 Å². The number of furan rings is 1. The van der Waals surface area contributed by atoms with Crippen LogP contribution in [-0.4, -0.2) is 50.0 Å². The molecule has 10 heteroatoms. The van der Waals surface area contributed by atoms with Gasteiger partial charge in [0.15, 0.2) is 0 Å². The molecule has 1 aliphatic heterocycles. The number of sulfonamides is 1. The molecule has 1 aliphatic rings. The monoisotopic (exact) mass is 498 g/mol. The maximum Gasteiger partial charge on any atom is 0.371 e. The molecule has 152 valence electrons. The number of rotatable bonds is 4. The van der Waals surface area contributed by atoms with Gasteiger partial charge in [-0.25, -0.2) is 13.2 Å². The van der Waals surface area contributed by atoms with Crippen molar-refractivity contribution >= 4 is 60.2 Å². The average molecular weight is 500 g/mol. The fourth-order valence-electron chi connectivity index (χ4n) is 3.38. The number of hydrogen-bond acceptors (Lipinski definition) is 5. The maximum atomic E-state index is 12.9. The van der Waals surface area contributed by atoms with E-state index in [2.05, 4.69) is 20.8 Å². The third-order valence-electron chi connectivity index (χ3n) is 4.86. The molecule has 0 atom stereocenters. The van der Waals surface area contributed by atoms with Crippen molar-refractivity contribution in [3.63, 3.8) is 0 Å². The summed E-state index contributed by atoms with van der Waals surface area (Å²) < 4.78 is 33.3. The molecule has 7 nitrogen and oxygen atoms in total. The number of anilines is 1. The highest BCUT2D eigenvalue weighted by atomic mass is 79.9. The van der Waals surface area contributed by atoms with Crippen molar-refractivity contribution in [2.24, 2.45) is 0 Å². The van der Waals surface area contributed by atoms with Gasteiger partial charge < -0.3 is 14.4 Å². The number of carboxylic acids is 1. The molecular formula is C19H16BrClN2O5S. The Balaban J connectivity index is 1.56. The summed E-state index contributed by atoms with van der Waals surface area (Å²) in [6.45, 7) is 1.59. The standard InChI is InChI=1S/C19H16BrClN2O5S/c20-18-12-11-16(19(24)25)28-15(12)6-5-14(18)22-7-9-23(10-8-22)29(26,27)17-4-2-1-3-13(17)21/h1-6,11H,7-10H2,(H,24,25). The average Bonchev–Trinajstić information content (AvgIpc) is 3.14. The van der Waals surface area contributed by atoms with E-state index in [4.69, 9.17) is 21.1 Å². The van der Waals surface area contributed by atoms with Crippen molar-refractivity contribution < 1.29 is 22.7 Å². The number of benzene rings is 2. The van der Waals surface area contributed by atoms with E-state index in [9.17, 15) is 13.2 Å². The van der Waals surface area contributed by atoms with Crippen LogP contribution in [-0.2, 0) is 10.0 Å². The van der Waals surface area contributed by atoms with Crippen LogP contribution in [0.1, 0.15) is 10.6 Å². The van der Waals surface area contributed by atoms with Crippen LogP contribution < -0.4 is 4.90 Å². The Hall–Kier alpha value is -2.07. The molecule has 0 amide bonds. The molecule has 0 spiro atoms. The number of carboxylic acid groups (broad SMARTS) is 1. The van der Waals surface area contributed by atoms with Crippen molar-refractivity contribution in [2.45, 2.75) is 4.90 Å². The highest BCUT2D eigenvalue weighted by Gasteiger charge is 2.30. The van der Waals surface area contributed by atoms with Crippen LogP contribution in [0.25, 0.3) is 11.0 Å². The van der Waals surface area contributed by atoms with Crippen molar-refractivity contribution in [3.8, 4) is 0 Å². The summed E-state index contributed by atoms with van der Waals surface area (Å²) in [6.07, 6.45) is 0. The highest BCUT2D eigenvalue weighted by Crippen LogP contribution is 2.36. The van der Waals surface area contributed by atoms with Crippen LogP contribution in [0, 0.1) is 0 Å². The minimum atomic E-state index is -3.67. The second-order valence-electron chi connectivity index (χ2n) is 6.55. The summed E-state index contributed by atoms with van der Waals surface area (Å²) in [5.41, 5.74) is 1.32. The number of carbonyl (C=O) groups is 1. The smallest absolute Gasteiger partial charge is 0.371 e. The Morgan fingerprint density at radius 3 is 2.45 bits per heavy atom. The number of hydrogen-bond donors (Lipinski definition) is 1. The van der Waals surface area contributed by atoms with E-state index in [0.717, 1.165) is 5.69 Å². The Morgan fingerprint density at radius 2 is 1.79 bits per heavy atom. The first-order valence-electron chi connectivity index (χ1n) is 8.74. The molecule has 0 aliphatic carbocycles. The summed E-state index contributed by atoms with van der Waals surface area (Å²) in [4.78, 5) is 13.3. The van der Waals surface area contributed by atoms with Crippen LogP contribution in [0.4, 0.5) is 5.69 Å². The number of halogens is 2. The molecule has 0 bridgehead atoms. The number of piperazine rings is 1. The van der Waals surface area contributed by atoms with Crippen LogP contribution in [0.2, 0.25) is 5.02 Å². The lowest BCUT2D eigenvalue weighted by atomic mass is 10.2. The first-order chi connectivity index (χ1) is 13.8. The van der Waals surface area contributed by atoms with Gasteiger partial charge in [-0.1, -0.05) is 23.7 Å². The zero-order valence-electron chi connectivity index (χ0n) is 15.0. The van der Waals surface area contributed by atoms with Gasteiger partial charge in [-0.3, -0.25) is 0 Å². The predicted molar refractivity (Wildman–Crippen MR) is 113 cm³/mol. The second-order valence-corrected chi connectivity index (χ2v) is 9.65. The minimum Gasteiger partial charge on any atom is -0.475 e. The summed E-state index contributed by atoms with van der Waals surface area (Å²) >= 11 is 9.62. The zero-order chi connectivity index (χ0) is 20.8. The molecule has 2 aromatic carbocycles. The molecule has 4 rings (SSSR count). The molecule has 1 aromatic heterocycles. The van der Waals surface area contributed by atoms with Crippen LogP contribution in [0.15, 0.2) is 56.2 Å². The zero-order valence-corrected chi connectivity index (χ0v) is 18.2. The largest absolute Gasteiger partial charge is 0.475 e. The fourth-order valence-corrected chi connectivity index (χ4v) is 5.99. The number of nitrogens with zero attached hydrogens (tertiary/aromatic N) is 2. The first-order valence-corrected chi connectivity index (χ1v) is 11.3. The molecule has 1 fully saturated rings. The van der Waals surface area contributed by atoms with Gasteiger partial charge in [-0.2, -0.15) is 4.31 Å². The van der Waals surface area contributed by atoms with Gasteiger partial charge in [0, 0.05) is 37.6 Å². The molecule has 1 N–H and O–H groups in total. The van der Waals surface area contributed by atoms with E-state index in [-0.39, 0.29) is 15.7 Å². The van der Waals surface area contributed by atoms with Crippen molar-refractivity contribution in [3.05, 3.63) is 57.7 Å². The van der Waals surface area contributed by atoms with E-state index in [1.54, 1.807) is 24.3 Å². The minimum absolute atomic E-state index is 0.109. The van der Waals surface area contributed by atoms with E-state index >= 15 is 0 Å². The summed E-state index contributed by atoms with van der Waals surface area (Å²) in [5, 5.41) is 9.99. The summed E-state index contributed by atoms with van der Waals surface area (Å²) in [6, 6.07) is 11.4. The SMILES string of the molecule is O=C(O)c1cc2c(Br)c(N3CCN(S(=O)(=O)c4ccccc4Cl)CC3)ccc2o1.